The van der Waals surface area contributed by atoms with Gasteiger partial charge in [0.15, 0.2) is 0 Å². The lowest BCUT2D eigenvalue weighted by molar-refractivity contribution is 0.0696. The Morgan fingerprint density at radius 3 is 2.60 bits per heavy atom. The van der Waals surface area contributed by atoms with Crippen molar-refractivity contribution in [1.82, 2.24) is 0 Å². The first-order chi connectivity index (χ1) is 7.00. The van der Waals surface area contributed by atoms with E-state index in [4.69, 9.17) is 5.11 Å². The van der Waals surface area contributed by atoms with Crippen molar-refractivity contribution >= 4 is 11.7 Å². The van der Waals surface area contributed by atoms with Crippen LogP contribution in [0.1, 0.15) is 35.7 Å². The maximum absolute atomic E-state index is 10.8. The summed E-state index contributed by atoms with van der Waals surface area (Å²) >= 11 is 0. The largest absolute Gasteiger partial charge is 0.478 e. The van der Waals surface area contributed by atoms with Gasteiger partial charge in [0.1, 0.15) is 0 Å². The van der Waals surface area contributed by atoms with Crippen molar-refractivity contribution in [3.05, 3.63) is 29.3 Å². The predicted molar refractivity (Wildman–Crippen MR) is 59.4 cm³/mol. The van der Waals surface area contributed by atoms with E-state index in [1.165, 1.54) is 12.8 Å². The second kappa shape index (κ2) is 3.26. The maximum atomic E-state index is 10.8. The molecule has 3 heteroatoms. The van der Waals surface area contributed by atoms with Crippen LogP contribution in [0.2, 0.25) is 0 Å². The average Bonchev–Trinajstić information content (AvgIpc) is 2.82. The number of benzene rings is 1. The van der Waals surface area contributed by atoms with E-state index in [-0.39, 0.29) is 5.54 Å². The molecule has 0 bridgehead atoms. The smallest absolute Gasteiger partial charge is 0.335 e. The molecule has 0 amide bonds. The molecule has 1 aromatic rings. The Labute approximate surface area is 89.1 Å². The Morgan fingerprint density at radius 2 is 2.13 bits per heavy atom. The highest BCUT2D eigenvalue weighted by molar-refractivity contribution is 5.89. The summed E-state index contributed by atoms with van der Waals surface area (Å²) in [6.07, 6.45) is 2.37. The van der Waals surface area contributed by atoms with E-state index in [0.717, 1.165) is 11.3 Å². The van der Waals surface area contributed by atoms with Gasteiger partial charge in [0.2, 0.25) is 0 Å². The predicted octanol–water partition coefficient (Wildman–Crippen LogP) is 2.66. The molecule has 1 aliphatic rings. The fraction of sp³-hybridized carbons (Fsp3) is 0.417. The summed E-state index contributed by atoms with van der Waals surface area (Å²) in [5.74, 6) is -0.864. The Balaban J connectivity index is 2.21. The fourth-order valence-corrected chi connectivity index (χ4v) is 1.64. The zero-order valence-corrected chi connectivity index (χ0v) is 9.00. The van der Waals surface area contributed by atoms with Gasteiger partial charge in [-0.25, -0.2) is 4.79 Å². The summed E-state index contributed by atoms with van der Waals surface area (Å²) in [6, 6.07) is 5.39. The van der Waals surface area contributed by atoms with Crippen LogP contribution >= 0.6 is 0 Å². The third-order valence-electron chi connectivity index (χ3n) is 2.90. The van der Waals surface area contributed by atoms with Gasteiger partial charge in [-0.1, -0.05) is 0 Å². The third kappa shape index (κ3) is 2.12. The van der Waals surface area contributed by atoms with Gasteiger partial charge in [-0.05, 0) is 50.5 Å². The monoisotopic (exact) mass is 205 g/mol. The fourth-order valence-electron chi connectivity index (χ4n) is 1.64. The van der Waals surface area contributed by atoms with Crippen molar-refractivity contribution < 1.29 is 9.90 Å². The van der Waals surface area contributed by atoms with Crippen LogP contribution < -0.4 is 5.32 Å². The highest BCUT2D eigenvalue weighted by atomic mass is 16.4. The zero-order chi connectivity index (χ0) is 11.1. The molecule has 0 atom stereocenters. The summed E-state index contributed by atoms with van der Waals surface area (Å²) in [5.41, 5.74) is 2.42. The van der Waals surface area contributed by atoms with Crippen LogP contribution in [0.3, 0.4) is 0 Å². The molecule has 0 unspecified atom stereocenters. The lowest BCUT2D eigenvalue weighted by Crippen LogP contribution is -2.16. The van der Waals surface area contributed by atoms with E-state index in [9.17, 15) is 4.79 Å². The van der Waals surface area contributed by atoms with Crippen molar-refractivity contribution in [3.63, 3.8) is 0 Å². The minimum Gasteiger partial charge on any atom is -0.478 e. The molecule has 2 N–H and O–H groups in total. The number of carbonyl (C=O) groups is 1. The molecule has 80 valence electrons. The summed E-state index contributed by atoms with van der Waals surface area (Å²) in [7, 11) is 0. The Bertz CT molecular complexity index is 408. The second-order valence-electron chi connectivity index (χ2n) is 4.52. The molecule has 3 nitrogen and oxygen atoms in total. The van der Waals surface area contributed by atoms with Crippen molar-refractivity contribution in [3.8, 4) is 0 Å². The third-order valence-corrected chi connectivity index (χ3v) is 2.90. The van der Waals surface area contributed by atoms with Gasteiger partial charge in [0.05, 0.1) is 5.56 Å². The number of carboxylic acids is 1. The van der Waals surface area contributed by atoms with Gasteiger partial charge in [0.25, 0.3) is 0 Å². The first-order valence-electron chi connectivity index (χ1n) is 5.12. The van der Waals surface area contributed by atoms with Crippen LogP contribution in [0.4, 0.5) is 5.69 Å². The van der Waals surface area contributed by atoms with Gasteiger partial charge in [0, 0.05) is 11.2 Å². The number of hydrogen-bond donors (Lipinski definition) is 2. The summed E-state index contributed by atoms with van der Waals surface area (Å²) in [5, 5.41) is 12.3. The topological polar surface area (TPSA) is 49.3 Å². The lowest BCUT2D eigenvalue weighted by Gasteiger charge is -2.14. The second-order valence-corrected chi connectivity index (χ2v) is 4.52. The summed E-state index contributed by atoms with van der Waals surface area (Å²) < 4.78 is 0. The van der Waals surface area contributed by atoms with Gasteiger partial charge >= 0.3 is 5.97 Å². The normalized spacial score (nSPS) is 17.2. The molecule has 0 aromatic heterocycles. The molecule has 0 saturated heterocycles. The first kappa shape index (κ1) is 10.0. The van der Waals surface area contributed by atoms with Crippen LogP contribution in [-0.2, 0) is 0 Å². The van der Waals surface area contributed by atoms with E-state index in [2.05, 4.69) is 12.2 Å². The maximum Gasteiger partial charge on any atom is 0.335 e. The van der Waals surface area contributed by atoms with Crippen LogP contribution in [0, 0.1) is 6.92 Å². The zero-order valence-electron chi connectivity index (χ0n) is 9.00. The molecule has 1 fully saturated rings. The van der Waals surface area contributed by atoms with Crippen LogP contribution in [0.25, 0.3) is 0 Å². The average molecular weight is 205 g/mol. The SMILES string of the molecule is Cc1cc(NC2(C)CC2)ccc1C(=O)O. The number of aromatic carboxylic acids is 1. The van der Waals surface area contributed by atoms with Gasteiger partial charge < -0.3 is 10.4 Å². The molecule has 0 radical (unpaired) electrons. The molecule has 1 aromatic carbocycles. The summed E-state index contributed by atoms with van der Waals surface area (Å²) in [4.78, 5) is 10.8. The van der Waals surface area contributed by atoms with Crippen molar-refractivity contribution in [2.45, 2.75) is 32.2 Å². The first-order valence-corrected chi connectivity index (χ1v) is 5.12. The number of aryl methyl sites for hydroxylation is 1. The Morgan fingerprint density at radius 1 is 1.47 bits per heavy atom. The quantitative estimate of drug-likeness (QED) is 0.797. The van der Waals surface area contributed by atoms with E-state index < -0.39 is 5.97 Å². The number of anilines is 1. The van der Waals surface area contributed by atoms with Crippen molar-refractivity contribution in [1.29, 1.82) is 0 Å². The number of nitrogens with one attached hydrogen (secondary N) is 1. The highest BCUT2D eigenvalue weighted by Gasteiger charge is 2.36. The Hall–Kier alpha value is -1.51. The molecule has 2 rings (SSSR count). The van der Waals surface area contributed by atoms with Gasteiger partial charge in [-0.15, -0.1) is 0 Å². The molecule has 0 heterocycles. The number of rotatable bonds is 3. The minimum atomic E-state index is -0.864. The molecule has 0 spiro atoms. The van der Waals surface area contributed by atoms with E-state index in [0.29, 0.717) is 5.56 Å². The van der Waals surface area contributed by atoms with Crippen LogP contribution in [0.5, 0.6) is 0 Å². The lowest BCUT2D eigenvalue weighted by atomic mass is 10.1. The van der Waals surface area contributed by atoms with E-state index >= 15 is 0 Å². The highest BCUT2D eigenvalue weighted by Crippen LogP contribution is 2.38. The molecule has 1 saturated carbocycles. The standard InChI is InChI=1S/C12H15NO2/c1-8-7-9(13-12(2)5-6-12)3-4-10(8)11(14)15/h3-4,7,13H,5-6H2,1-2H3,(H,14,15). The van der Waals surface area contributed by atoms with Gasteiger partial charge in [-0.2, -0.15) is 0 Å². The van der Waals surface area contributed by atoms with Crippen LogP contribution in [-0.4, -0.2) is 16.6 Å². The number of hydrogen-bond acceptors (Lipinski definition) is 2. The van der Waals surface area contributed by atoms with E-state index in [1.54, 1.807) is 6.07 Å². The molecule has 1 aliphatic carbocycles. The van der Waals surface area contributed by atoms with Crippen molar-refractivity contribution in [2.24, 2.45) is 0 Å². The molecular formula is C12H15NO2. The molecule has 15 heavy (non-hydrogen) atoms. The Kier molecular flexibility index (Phi) is 2.18. The van der Waals surface area contributed by atoms with Crippen molar-refractivity contribution in [2.75, 3.05) is 5.32 Å². The molecular weight excluding hydrogens is 190 g/mol. The summed E-state index contributed by atoms with van der Waals surface area (Å²) in [6.45, 7) is 4.00. The van der Waals surface area contributed by atoms with Gasteiger partial charge in [-0.3, -0.25) is 0 Å². The molecule has 0 aliphatic heterocycles. The minimum absolute atomic E-state index is 0.233. The number of carboxylic acid groups (broad SMARTS) is 1. The van der Waals surface area contributed by atoms with E-state index in [1.807, 2.05) is 19.1 Å². The van der Waals surface area contributed by atoms with Crippen LogP contribution in [0.15, 0.2) is 18.2 Å².